The molecule has 3 aromatic heterocycles. The lowest BCUT2D eigenvalue weighted by molar-refractivity contribution is -0.136. The van der Waals surface area contributed by atoms with Crippen LogP contribution in [-0.4, -0.2) is 97.7 Å². The van der Waals surface area contributed by atoms with Crippen LogP contribution in [0.5, 0.6) is 0 Å². The summed E-state index contributed by atoms with van der Waals surface area (Å²) in [4.78, 5) is 71.8. The molecular weight excluding hydrogens is 763 g/mol. The lowest BCUT2D eigenvalue weighted by Crippen LogP contribution is -2.51. The topological polar surface area (TPSA) is 180 Å². The zero-order valence-corrected chi connectivity index (χ0v) is 35.4. The molecule has 0 bridgehead atoms. The van der Waals surface area contributed by atoms with Gasteiger partial charge in [0.05, 0.1) is 55.8 Å². The summed E-state index contributed by atoms with van der Waals surface area (Å²) in [6, 6.07) is 11.3. The Morgan fingerprint density at radius 1 is 0.767 bits per heavy atom. The first-order chi connectivity index (χ1) is 28.9. The molecule has 5 heterocycles. The fourth-order valence-electron chi connectivity index (χ4n) is 9.43. The van der Waals surface area contributed by atoms with Crippen molar-refractivity contribution in [1.29, 1.82) is 0 Å². The van der Waals surface area contributed by atoms with Gasteiger partial charge >= 0.3 is 12.2 Å². The summed E-state index contributed by atoms with van der Waals surface area (Å²) < 4.78 is 12.0. The normalized spacial score (nSPS) is 18.2. The zero-order chi connectivity index (χ0) is 42.4. The second-order valence-electron chi connectivity index (χ2n) is 16.8. The molecule has 15 nitrogen and oxygen atoms in total. The summed E-state index contributed by atoms with van der Waals surface area (Å²) in [5.41, 5.74) is 9.98. The van der Waals surface area contributed by atoms with Crippen LogP contribution < -0.4 is 10.6 Å². The smallest absolute Gasteiger partial charge is 0.407 e. The zero-order valence-electron chi connectivity index (χ0n) is 35.4. The van der Waals surface area contributed by atoms with Gasteiger partial charge < -0.3 is 44.4 Å². The number of alkyl carbamates (subject to hydrolysis) is 2. The number of benzene rings is 2. The van der Waals surface area contributed by atoms with E-state index >= 15 is 0 Å². The van der Waals surface area contributed by atoms with Crippen molar-refractivity contribution in [3.05, 3.63) is 71.6 Å². The van der Waals surface area contributed by atoms with Gasteiger partial charge in [-0.15, -0.1) is 0 Å². The predicted octanol–water partition coefficient (Wildman–Crippen LogP) is 7.10. The quantitative estimate of drug-likeness (QED) is 0.107. The van der Waals surface area contributed by atoms with E-state index in [0.29, 0.717) is 13.1 Å². The first-order valence-corrected chi connectivity index (χ1v) is 21.1. The number of imidazole rings is 2. The number of methoxy groups -OCH3 is 2. The Kier molecular flexibility index (Phi) is 11.2. The summed E-state index contributed by atoms with van der Waals surface area (Å²) in [5.74, 6) is 0.978. The molecule has 4 amide bonds. The van der Waals surface area contributed by atoms with Crippen molar-refractivity contribution in [2.24, 2.45) is 11.8 Å². The van der Waals surface area contributed by atoms with E-state index in [1.807, 2.05) is 49.9 Å². The minimum absolute atomic E-state index is 0.110. The summed E-state index contributed by atoms with van der Waals surface area (Å²) in [6.45, 7) is 11.8. The van der Waals surface area contributed by atoms with Crippen LogP contribution in [0, 0.1) is 11.8 Å². The highest BCUT2D eigenvalue weighted by Crippen LogP contribution is 2.45. The average molecular weight is 818 g/mol. The number of ether oxygens (including phenoxy) is 2. The van der Waals surface area contributed by atoms with Crippen molar-refractivity contribution in [1.82, 2.24) is 44.9 Å². The minimum atomic E-state index is -0.696. The number of hydrogen-bond acceptors (Lipinski definition) is 8. The number of aromatic nitrogens is 5. The van der Waals surface area contributed by atoms with Gasteiger partial charge in [0.1, 0.15) is 23.7 Å². The van der Waals surface area contributed by atoms with Crippen LogP contribution in [0.15, 0.2) is 48.8 Å². The molecule has 316 valence electrons. The Hall–Kier alpha value is -6.12. The highest BCUT2D eigenvalue weighted by Gasteiger charge is 2.39. The number of nitrogens with zero attached hydrogens (tertiary/aromatic N) is 5. The maximum atomic E-state index is 13.7. The molecule has 2 fully saturated rings. The Bertz CT molecular complexity index is 2450. The molecule has 5 aromatic rings. The molecule has 3 aliphatic rings. The van der Waals surface area contributed by atoms with Crippen molar-refractivity contribution in [2.75, 3.05) is 27.3 Å². The number of carbonyl (C=O) groups excluding carboxylic acids is 4. The van der Waals surface area contributed by atoms with E-state index in [1.54, 1.807) is 0 Å². The Morgan fingerprint density at radius 2 is 1.28 bits per heavy atom. The molecular formula is C45H55N9O6. The predicted molar refractivity (Wildman–Crippen MR) is 227 cm³/mol. The largest absolute Gasteiger partial charge is 0.453 e. The maximum Gasteiger partial charge on any atom is 0.407 e. The lowest BCUT2D eigenvalue weighted by Gasteiger charge is -2.30. The Labute approximate surface area is 349 Å². The summed E-state index contributed by atoms with van der Waals surface area (Å²) in [6.07, 6.45) is 6.49. The van der Waals surface area contributed by atoms with Crippen molar-refractivity contribution >= 4 is 34.9 Å². The van der Waals surface area contributed by atoms with Crippen molar-refractivity contribution in [3.63, 3.8) is 0 Å². The van der Waals surface area contributed by atoms with E-state index in [-0.39, 0.29) is 35.7 Å². The Balaban J connectivity index is 1.02. The molecule has 2 aliphatic heterocycles. The van der Waals surface area contributed by atoms with Crippen LogP contribution in [0.2, 0.25) is 0 Å². The monoisotopic (exact) mass is 817 g/mol. The highest BCUT2D eigenvalue weighted by molar-refractivity contribution is 5.98. The van der Waals surface area contributed by atoms with Gasteiger partial charge in [-0.3, -0.25) is 9.59 Å². The molecule has 2 aromatic carbocycles. The van der Waals surface area contributed by atoms with Crippen molar-refractivity contribution in [2.45, 2.75) is 97.4 Å². The number of carbonyl (C=O) groups is 4. The van der Waals surface area contributed by atoms with E-state index < -0.39 is 24.3 Å². The second-order valence-corrected chi connectivity index (χ2v) is 16.8. The number of likely N-dealkylation sites (tertiary alicyclic amines) is 2. The van der Waals surface area contributed by atoms with E-state index in [4.69, 9.17) is 19.4 Å². The molecule has 15 heteroatoms. The fourth-order valence-corrected chi connectivity index (χ4v) is 9.43. The Morgan fingerprint density at radius 3 is 1.78 bits per heavy atom. The number of nitrogens with one attached hydrogen (secondary N) is 4. The minimum Gasteiger partial charge on any atom is -0.453 e. The number of aryl methyl sites for hydroxylation is 1. The van der Waals surface area contributed by atoms with Gasteiger partial charge in [-0.05, 0) is 79.3 Å². The van der Waals surface area contributed by atoms with E-state index in [0.717, 1.165) is 72.8 Å². The van der Waals surface area contributed by atoms with Gasteiger partial charge in [0.25, 0.3) is 0 Å². The molecule has 60 heavy (non-hydrogen) atoms. The third-order valence-electron chi connectivity index (χ3n) is 12.5. The SMILES string of the molecule is CCn1c2c(c3cc(-c4cnc([C@@H]5CCCN5C(=O)[C@@H](NC(=O)OC)C(C)C)[nH]4)ccc31)Cc1cc(-c3cnc([C@@H]4CCCN4C(=O)[C@@H](NC(=O)OC)C(C)C)[nH]3)ccc1-2. The molecule has 8 rings (SSSR count). The van der Waals surface area contributed by atoms with Gasteiger partial charge in [0, 0.05) is 48.1 Å². The molecule has 0 saturated carbocycles. The molecule has 4 atom stereocenters. The van der Waals surface area contributed by atoms with Crippen molar-refractivity contribution < 1.29 is 28.7 Å². The second kappa shape index (κ2) is 16.5. The van der Waals surface area contributed by atoms with E-state index in [9.17, 15) is 19.2 Å². The number of rotatable bonds is 11. The number of H-pyrrole nitrogens is 2. The highest BCUT2D eigenvalue weighted by atomic mass is 16.5. The third kappa shape index (κ3) is 7.27. The number of amides is 4. The first kappa shape index (κ1) is 40.7. The number of aromatic amines is 2. The standard InChI is InChI=1S/C45H55N9O6/c1-8-52-34-16-14-27(33-23-47-41(49-33)36-12-10-18-54(36)43(56)38(25(4)5)51-45(58)60-7)20-30(34)31-21-28-19-26(13-15-29(28)39(31)52)32-22-46-40(48-32)35-11-9-17-53(35)42(55)37(24(2)3)50-44(57)59-6/h13-16,19-20,22-25,35-38H,8-12,17-18,21H2,1-7H3,(H,46,48)(H,47,49)(H,50,57)(H,51,58)/t35-,36-,37-,38-/m0/s1. The fraction of sp³-hybridized carbons (Fsp3) is 0.467. The molecule has 4 N–H and O–H groups in total. The van der Waals surface area contributed by atoms with Crippen LogP contribution in [0.3, 0.4) is 0 Å². The van der Waals surface area contributed by atoms with Gasteiger partial charge in [-0.2, -0.15) is 0 Å². The van der Waals surface area contributed by atoms with Crippen molar-refractivity contribution in [3.8, 4) is 33.8 Å². The molecule has 0 radical (unpaired) electrons. The van der Waals surface area contributed by atoms with Gasteiger partial charge in [-0.25, -0.2) is 19.6 Å². The summed E-state index contributed by atoms with van der Waals surface area (Å²) >= 11 is 0. The maximum absolute atomic E-state index is 13.7. The van der Waals surface area contributed by atoms with Crippen LogP contribution >= 0.6 is 0 Å². The van der Waals surface area contributed by atoms with E-state index in [2.05, 4.69) is 68.5 Å². The average Bonchev–Trinajstić information content (AvgIpc) is 4.10. The van der Waals surface area contributed by atoms with Crippen LogP contribution in [0.25, 0.3) is 44.7 Å². The van der Waals surface area contributed by atoms with Gasteiger partial charge in [0.15, 0.2) is 0 Å². The third-order valence-corrected chi connectivity index (χ3v) is 12.5. The van der Waals surface area contributed by atoms with Crippen LogP contribution in [0.1, 0.15) is 95.2 Å². The first-order valence-electron chi connectivity index (χ1n) is 21.1. The van der Waals surface area contributed by atoms with Gasteiger partial charge in [-0.1, -0.05) is 45.9 Å². The molecule has 1 aliphatic carbocycles. The molecule has 2 saturated heterocycles. The number of fused-ring (bicyclic) bond motifs is 5. The summed E-state index contributed by atoms with van der Waals surface area (Å²) in [7, 11) is 2.59. The number of hydrogen-bond donors (Lipinski definition) is 4. The molecule has 0 spiro atoms. The van der Waals surface area contributed by atoms with Gasteiger partial charge in [0.2, 0.25) is 11.8 Å². The molecule has 0 unspecified atom stereocenters. The van der Waals surface area contributed by atoms with Crippen LogP contribution in [-0.2, 0) is 32.0 Å². The van der Waals surface area contributed by atoms with Crippen LogP contribution in [0.4, 0.5) is 9.59 Å². The lowest BCUT2D eigenvalue weighted by atomic mass is 10.0. The van der Waals surface area contributed by atoms with E-state index in [1.165, 1.54) is 47.5 Å². The summed E-state index contributed by atoms with van der Waals surface area (Å²) in [5, 5.41) is 6.64.